The second-order valence-electron chi connectivity index (χ2n) is 5.03. The first kappa shape index (κ1) is 16.5. The van der Waals surface area contributed by atoms with Crippen LogP contribution in [-0.4, -0.2) is 25.8 Å². The molecule has 1 rings (SSSR count). The Labute approximate surface area is 122 Å². The molecule has 0 N–H and O–H groups in total. The molecule has 1 aromatic rings. The summed E-state index contributed by atoms with van der Waals surface area (Å²) in [6, 6.07) is 8.29. The summed E-state index contributed by atoms with van der Waals surface area (Å²) < 4.78 is 22.9. The Morgan fingerprint density at radius 1 is 1.26 bits per heavy atom. The highest BCUT2D eigenvalue weighted by Gasteiger charge is 2.13. The molecule has 1 aromatic carbocycles. The molecule has 0 aliphatic heterocycles. The fourth-order valence-electron chi connectivity index (χ4n) is 2.12. The zero-order valence-corrected chi connectivity index (χ0v) is 13.3. The van der Waals surface area contributed by atoms with E-state index in [1.807, 2.05) is 12.1 Å². The van der Waals surface area contributed by atoms with Crippen molar-refractivity contribution in [3.63, 3.8) is 0 Å². The van der Waals surface area contributed by atoms with E-state index in [4.69, 9.17) is 11.6 Å². The van der Waals surface area contributed by atoms with Crippen LogP contribution in [-0.2, 0) is 16.3 Å². The second-order valence-corrected chi connectivity index (χ2v) is 7.81. The van der Waals surface area contributed by atoms with Crippen LogP contribution in [0.4, 0.5) is 0 Å². The summed E-state index contributed by atoms with van der Waals surface area (Å²) in [7, 11) is -2.85. The molecule has 0 radical (unpaired) electrons. The first-order chi connectivity index (χ1) is 8.98. The highest BCUT2D eigenvalue weighted by molar-refractivity contribution is 7.91. The lowest BCUT2D eigenvalue weighted by molar-refractivity contribution is 0.522. The molecule has 1 unspecified atom stereocenters. The van der Waals surface area contributed by atoms with Gasteiger partial charge in [-0.1, -0.05) is 31.2 Å². The van der Waals surface area contributed by atoms with Crippen LogP contribution in [0, 0.1) is 12.8 Å². The van der Waals surface area contributed by atoms with Crippen molar-refractivity contribution in [1.29, 1.82) is 0 Å². The van der Waals surface area contributed by atoms with Crippen LogP contribution in [0.25, 0.3) is 0 Å². The minimum Gasteiger partial charge on any atom is -0.229 e. The van der Waals surface area contributed by atoms with Gasteiger partial charge in [-0.15, -0.1) is 11.6 Å². The van der Waals surface area contributed by atoms with E-state index in [2.05, 4.69) is 19.1 Å². The van der Waals surface area contributed by atoms with Crippen LogP contribution in [0.1, 0.15) is 30.9 Å². The van der Waals surface area contributed by atoms with Gasteiger partial charge in [-0.3, -0.25) is 0 Å². The Bertz CT molecular complexity index is 483. The quantitative estimate of drug-likeness (QED) is 0.688. The van der Waals surface area contributed by atoms with Crippen molar-refractivity contribution in [3.8, 4) is 0 Å². The molecule has 0 amide bonds. The molecule has 108 valence electrons. The molecule has 0 spiro atoms. The van der Waals surface area contributed by atoms with Crippen LogP contribution in [0.3, 0.4) is 0 Å². The number of hydrogen-bond acceptors (Lipinski definition) is 2. The Morgan fingerprint density at radius 2 is 1.95 bits per heavy atom. The van der Waals surface area contributed by atoms with Gasteiger partial charge in [-0.05, 0) is 43.2 Å². The number of alkyl halides is 1. The Balaban J connectivity index is 2.49. The molecular weight excluding hydrogens is 280 g/mol. The molecule has 0 aliphatic carbocycles. The molecule has 19 heavy (non-hydrogen) atoms. The van der Waals surface area contributed by atoms with E-state index in [0.717, 1.165) is 12.8 Å². The van der Waals surface area contributed by atoms with Crippen molar-refractivity contribution in [2.75, 3.05) is 17.4 Å². The van der Waals surface area contributed by atoms with Crippen molar-refractivity contribution in [2.45, 2.75) is 33.1 Å². The lowest BCUT2D eigenvalue weighted by atomic mass is 9.94. The van der Waals surface area contributed by atoms with Crippen LogP contribution in [0.2, 0.25) is 0 Å². The lowest BCUT2D eigenvalue weighted by Crippen LogP contribution is -2.13. The maximum atomic E-state index is 11.4. The van der Waals surface area contributed by atoms with Gasteiger partial charge in [-0.25, -0.2) is 8.42 Å². The number of benzene rings is 1. The van der Waals surface area contributed by atoms with Crippen molar-refractivity contribution >= 4 is 21.4 Å². The van der Waals surface area contributed by atoms with Gasteiger partial charge >= 0.3 is 0 Å². The van der Waals surface area contributed by atoms with Gasteiger partial charge in [0.25, 0.3) is 0 Å². The number of aryl methyl sites for hydroxylation is 1. The van der Waals surface area contributed by atoms with Crippen molar-refractivity contribution < 1.29 is 8.42 Å². The van der Waals surface area contributed by atoms with Crippen LogP contribution in [0.15, 0.2) is 24.3 Å². The first-order valence-corrected chi connectivity index (χ1v) is 9.15. The van der Waals surface area contributed by atoms with E-state index in [1.165, 1.54) is 11.1 Å². The number of sulfone groups is 1. The summed E-state index contributed by atoms with van der Waals surface area (Å²) in [4.78, 5) is 0. The SMILES string of the molecule is CCS(=O)(=O)CCCC(CCl)Cc1ccccc1C. The summed E-state index contributed by atoms with van der Waals surface area (Å²) in [6.45, 7) is 3.80. The molecule has 1 atom stereocenters. The van der Waals surface area contributed by atoms with Gasteiger partial charge in [0, 0.05) is 11.6 Å². The predicted molar refractivity (Wildman–Crippen MR) is 82.7 cm³/mol. The largest absolute Gasteiger partial charge is 0.229 e. The predicted octanol–water partition coefficient (Wildman–Crippen LogP) is 3.61. The smallest absolute Gasteiger partial charge is 0.150 e. The van der Waals surface area contributed by atoms with E-state index in [0.29, 0.717) is 18.2 Å². The molecule has 0 heterocycles. The summed E-state index contributed by atoms with van der Waals surface area (Å²) in [6.07, 6.45) is 2.51. The van der Waals surface area contributed by atoms with E-state index in [-0.39, 0.29) is 11.5 Å². The first-order valence-electron chi connectivity index (χ1n) is 6.79. The fraction of sp³-hybridized carbons (Fsp3) is 0.600. The van der Waals surface area contributed by atoms with E-state index < -0.39 is 9.84 Å². The third-order valence-electron chi connectivity index (χ3n) is 3.50. The zero-order valence-electron chi connectivity index (χ0n) is 11.7. The minimum absolute atomic E-state index is 0.232. The molecule has 2 nitrogen and oxygen atoms in total. The molecule has 0 fully saturated rings. The van der Waals surface area contributed by atoms with Crippen molar-refractivity contribution in [3.05, 3.63) is 35.4 Å². The highest BCUT2D eigenvalue weighted by atomic mass is 35.5. The topological polar surface area (TPSA) is 34.1 Å². The Hall–Kier alpha value is -0.540. The molecule has 0 aromatic heterocycles. The summed E-state index contributed by atoms with van der Waals surface area (Å²) in [5, 5.41) is 0. The fourth-order valence-corrected chi connectivity index (χ4v) is 3.28. The van der Waals surface area contributed by atoms with Gasteiger partial charge in [0.2, 0.25) is 0 Å². The maximum Gasteiger partial charge on any atom is 0.150 e. The van der Waals surface area contributed by atoms with Gasteiger partial charge in [0.15, 0.2) is 0 Å². The van der Waals surface area contributed by atoms with Gasteiger partial charge in [0.05, 0.1) is 5.75 Å². The Morgan fingerprint density at radius 3 is 2.53 bits per heavy atom. The number of rotatable bonds is 8. The minimum atomic E-state index is -2.85. The summed E-state index contributed by atoms with van der Waals surface area (Å²) in [5.74, 6) is 1.46. The maximum absolute atomic E-state index is 11.4. The molecular formula is C15H23ClO2S. The van der Waals surface area contributed by atoms with Crippen LogP contribution in [0.5, 0.6) is 0 Å². The van der Waals surface area contributed by atoms with E-state index in [1.54, 1.807) is 6.92 Å². The number of hydrogen-bond donors (Lipinski definition) is 0. The van der Waals surface area contributed by atoms with Crippen LogP contribution < -0.4 is 0 Å². The lowest BCUT2D eigenvalue weighted by Gasteiger charge is -2.15. The molecule has 0 saturated heterocycles. The summed E-state index contributed by atoms with van der Waals surface area (Å²) >= 11 is 6.00. The molecule has 4 heteroatoms. The van der Waals surface area contributed by atoms with Gasteiger partial charge < -0.3 is 0 Å². The van der Waals surface area contributed by atoms with Crippen LogP contribution >= 0.6 is 11.6 Å². The Kier molecular flexibility index (Phi) is 6.87. The number of halogens is 1. The van der Waals surface area contributed by atoms with Gasteiger partial charge in [-0.2, -0.15) is 0 Å². The second kappa shape index (κ2) is 7.91. The summed E-state index contributed by atoms with van der Waals surface area (Å²) in [5.41, 5.74) is 2.59. The van der Waals surface area contributed by atoms with Crippen molar-refractivity contribution in [2.24, 2.45) is 5.92 Å². The molecule has 0 aliphatic rings. The van der Waals surface area contributed by atoms with E-state index in [9.17, 15) is 8.42 Å². The average Bonchev–Trinajstić information content (AvgIpc) is 2.39. The van der Waals surface area contributed by atoms with Gasteiger partial charge in [0.1, 0.15) is 9.84 Å². The average molecular weight is 303 g/mol. The van der Waals surface area contributed by atoms with Crippen molar-refractivity contribution in [1.82, 2.24) is 0 Å². The normalized spacial score (nSPS) is 13.4. The zero-order chi connectivity index (χ0) is 14.3. The monoisotopic (exact) mass is 302 g/mol. The third kappa shape index (κ3) is 5.96. The highest BCUT2D eigenvalue weighted by Crippen LogP contribution is 2.19. The molecule has 0 bridgehead atoms. The molecule has 0 saturated carbocycles. The standard InChI is InChI=1S/C15H23ClO2S/c1-3-19(17,18)10-6-8-14(12-16)11-15-9-5-4-7-13(15)2/h4-5,7,9,14H,3,6,8,10-12H2,1-2H3. The third-order valence-corrected chi connectivity index (χ3v) is 5.72. The van der Waals surface area contributed by atoms with E-state index >= 15 is 0 Å².